The molecule has 0 aliphatic carbocycles. The molecule has 0 saturated heterocycles. The second-order valence-electron chi connectivity index (χ2n) is 4.58. The molecule has 3 rings (SSSR count). The third-order valence-electron chi connectivity index (χ3n) is 2.92. The predicted octanol–water partition coefficient (Wildman–Crippen LogP) is 0.871. The molecule has 0 saturated carbocycles. The first-order chi connectivity index (χ1) is 11.1. The summed E-state index contributed by atoms with van der Waals surface area (Å²) in [4.78, 5) is 26.1. The Morgan fingerprint density at radius 2 is 2.22 bits per heavy atom. The number of rotatable bonds is 5. The van der Waals surface area contributed by atoms with Crippen molar-refractivity contribution in [3.8, 4) is 0 Å². The summed E-state index contributed by atoms with van der Waals surface area (Å²) in [5.41, 5.74) is 0.569. The summed E-state index contributed by atoms with van der Waals surface area (Å²) >= 11 is 2.55. The van der Waals surface area contributed by atoms with E-state index in [1.54, 1.807) is 4.40 Å². The number of nitrogens with one attached hydrogen (secondary N) is 2. The molecule has 1 amide bonds. The number of aromatic nitrogens is 6. The van der Waals surface area contributed by atoms with Crippen LogP contribution in [0.15, 0.2) is 16.0 Å². The van der Waals surface area contributed by atoms with Gasteiger partial charge in [-0.3, -0.25) is 24.3 Å². The summed E-state index contributed by atoms with van der Waals surface area (Å²) in [6, 6.07) is 1.50. The van der Waals surface area contributed by atoms with E-state index in [4.69, 9.17) is 0 Å². The third-order valence-corrected chi connectivity index (χ3v) is 4.60. The third kappa shape index (κ3) is 3.40. The Bertz CT molecular complexity index is 914. The first-order valence-electron chi connectivity index (χ1n) is 6.77. The van der Waals surface area contributed by atoms with Crippen LogP contribution in [0.2, 0.25) is 0 Å². The van der Waals surface area contributed by atoms with Gasteiger partial charge in [0.15, 0.2) is 5.16 Å². The van der Waals surface area contributed by atoms with Crippen molar-refractivity contribution in [3.63, 3.8) is 0 Å². The number of hydrogen-bond donors (Lipinski definition) is 2. The first-order valence-corrected chi connectivity index (χ1v) is 8.57. The highest BCUT2D eigenvalue weighted by Crippen LogP contribution is 2.19. The molecule has 120 valence electrons. The molecule has 0 aliphatic rings. The largest absolute Gasteiger partial charge is 0.300 e. The minimum Gasteiger partial charge on any atom is -0.300 e. The average Bonchev–Trinajstić information content (AvgIpc) is 3.10. The van der Waals surface area contributed by atoms with E-state index < -0.39 is 0 Å². The monoisotopic (exact) mass is 351 g/mol. The van der Waals surface area contributed by atoms with Gasteiger partial charge in [0.25, 0.3) is 5.56 Å². The van der Waals surface area contributed by atoms with Gasteiger partial charge in [0, 0.05) is 11.8 Å². The highest BCUT2D eigenvalue weighted by Gasteiger charge is 2.13. The number of fused-ring (bicyclic) bond motifs is 1. The highest BCUT2D eigenvalue weighted by atomic mass is 32.2. The predicted molar refractivity (Wildman–Crippen MR) is 87.0 cm³/mol. The van der Waals surface area contributed by atoms with Crippen LogP contribution in [0.4, 0.5) is 5.13 Å². The molecular formula is C12H13N7O2S2. The van der Waals surface area contributed by atoms with Gasteiger partial charge in [-0.1, -0.05) is 30.0 Å². The van der Waals surface area contributed by atoms with Crippen molar-refractivity contribution in [3.05, 3.63) is 27.1 Å². The molecule has 0 aromatic carbocycles. The maximum absolute atomic E-state index is 12.0. The topological polar surface area (TPSA) is 118 Å². The molecule has 0 atom stereocenters. The maximum Gasteiger partial charge on any atom is 0.252 e. The molecule has 9 nitrogen and oxygen atoms in total. The van der Waals surface area contributed by atoms with E-state index in [2.05, 4.69) is 30.7 Å². The van der Waals surface area contributed by atoms with Gasteiger partial charge in [0.1, 0.15) is 5.01 Å². The molecule has 3 aromatic heterocycles. The van der Waals surface area contributed by atoms with Gasteiger partial charge in [0.2, 0.25) is 16.8 Å². The molecule has 0 bridgehead atoms. The van der Waals surface area contributed by atoms with E-state index in [1.807, 2.05) is 13.8 Å². The number of H-pyrrole nitrogens is 1. The van der Waals surface area contributed by atoms with Gasteiger partial charge in [0.05, 0.1) is 5.75 Å². The molecule has 23 heavy (non-hydrogen) atoms. The molecular weight excluding hydrogens is 338 g/mol. The fourth-order valence-corrected chi connectivity index (χ4v) is 3.33. The van der Waals surface area contributed by atoms with Gasteiger partial charge in [-0.25, -0.2) is 0 Å². The van der Waals surface area contributed by atoms with Crippen LogP contribution in [0, 0.1) is 6.92 Å². The summed E-state index contributed by atoms with van der Waals surface area (Å²) in [6.45, 7) is 3.75. The Balaban J connectivity index is 1.74. The van der Waals surface area contributed by atoms with Crippen molar-refractivity contribution in [2.75, 3.05) is 11.1 Å². The van der Waals surface area contributed by atoms with Crippen LogP contribution in [0.3, 0.4) is 0 Å². The Kier molecular flexibility index (Phi) is 4.39. The Labute approximate surface area is 138 Å². The fraction of sp³-hybridized carbons (Fsp3) is 0.333. The van der Waals surface area contributed by atoms with E-state index in [0.29, 0.717) is 22.5 Å². The van der Waals surface area contributed by atoms with Crippen LogP contribution in [-0.2, 0) is 11.2 Å². The minimum absolute atomic E-state index is 0.154. The van der Waals surface area contributed by atoms with Gasteiger partial charge in [-0.05, 0) is 13.3 Å². The molecule has 0 radical (unpaired) electrons. The van der Waals surface area contributed by atoms with Crippen molar-refractivity contribution in [1.29, 1.82) is 0 Å². The number of anilines is 1. The van der Waals surface area contributed by atoms with E-state index in [0.717, 1.165) is 10.7 Å². The van der Waals surface area contributed by atoms with Gasteiger partial charge in [-0.15, -0.1) is 20.4 Å². The summed E-state index contributed by atoms with van der Waals surface area (Å²) in [5, 5.41) is 20.1. The van der Waals surface area contributed by atoms with Crippen molar-refractivity contribution in [2.24, 2.45) is 0 Å². The van der Waals surface area contributed by atoms with E-state index in [9.17, 15) is 9.59 Å². The number of amides is 1. The number of hydrogen-bond acceptors (Lipinski definition) is 8. The zero-order valence-electron chi connectivity index (χ0n) is 12.4. The number of aromatic amines is 1. The minimum atomic E-state index is -0.220. The van der Waals surface area contributed by atoms with Crippen LogP contribution in [-0.4, -0.2) is 41.4 Å². The number of carbonyl (C=O) groups is 1. The van der Waals surface area contributed by atoms with Gasteiger partial charge >= 0.3 is 0 Å². The summed E-state index contributed by atoms with van der Waals surface area (Å²) in [6.07, 6.45) is 0.655. The van der Waals surface area contributed by atoms with Crippen LogP contribution < -0.4 is 10.9 Å². The zero-order valence-corrected chi connectivity index (χ0v) is 14.0. The van der Waals surface area contributed by atoms with Crippen LogP contribution in [0.5, 0.6) is 0 Å². The molecule has 0 unspecified atom stereocenters. The summed E-state index contributed by atoms with van der Waals surface area (Å²) in [5.74, 6) is 0.323. The van der Waals surface area contributed by atoms with Crippen LogP contribution in [0.1, 0.15) is 17.6 Å². The summed E-state index contributed by atoms with van der Waals surface area (Å²) in [7, 11) is 0. The number of carbonyl (C=O) groups excluding carboxylic acids is 1. The van der Waals surface area contributed by atoms with E-state index >= 15 is 0 Å². The number of aryl methyl sites for hydroxylation is 2. The standard InChI is InChI=1S/C12H13N7O2S2/c1-3-7-4-8(20)13-10-16-18-12(19(7)10)22-5-9(21)14-11-17-15-6(2)23-11/h4H,3,5H2,1-2H3,(H,13,16,20)(H,14,17,21). The van der Waals surface area contributed by atoms with Gasteiger partial charge in [-0.2, -0.15) is 0 Å². The number of nitrogens with zero attached hydrogens (tertiary/aromatic N) is 5. The maximum atomic E-state index is 12.0. The smallest absolute Gasteiger partial charge is 0.252 e. The Morgan fingerprint density at radius 3 is 2.91 bits per heavy atom. The molecule has 3 heterocycles. The molecule has 0 spiro atoms. The average molecular weight is 351 g/mol. The van der Waals surface area contributed by atoms with Crippen molar-refractivity contribution < 1.29 is 4.79 Å². The SMILES string of the molecule is CCc1cc(=O)[nH]c2nnc(SCC(=O)Nc3nnc(C)s3)n12. The highest BCUT2D eigenvalue weighted by molar-refractivity contribution is 7.99. The lowest BCUT2D eigenvalue weighted by Gasteiger charge is -2.04. The second-order valence-corrected chi connectivity index (χ2v) is 6.71. The molecule has 0 fully saturated rings. The number of thioether (sulfide) groups is 1. The molecule has 0 aliphatic heterocycles. The Morgan fingerprint density at radius 1 is 1.39 bits per heavy atom. The van der Waals surface area contributed by atoms with E-state index in [1.165, 1.54) is 29.2 Å². The molecule has 11 heteroatoms. The second kappa shape index (κ2) is 6.46. The molecule has 2 N–H and O–H groups in total. The van der Waals surface area contributed by atoms with Crippen LogP contribution >= 0.6 is 23.1 Å². The van der Waals surface area contributed by atoms with Crippen LogP contribution in [0.25, 0.3) is 5.78 Å². The lowest BCUT2D eigenvalue weighted by Crippen LogP contribution is -2.15. The first kappa shape index (κ1) is 15.6. The summed E-state index contributed by atoms with van der Waals surface area (Å²) < 4.78 is 1.74. The molecule has 3 aromatic rings. The lowest BCUT2D eigenvalue weighted by atomic mass is 10.3. The zero-order chi connectivity index (χ0) is 16.4. The quantitative estimate of drug-likeness (QED) is 0.655. The van der Waals surface area contributed by atoms with Gasteiger partial charge < -0.3 is 0 Å². The Hall–Kier alpha value is -2.27. The van der Waals surface area contributed by atoms with Crippen molar-refractivity contribution in [1.82, 2.24) is 29.8 Å². The normalized spacial score (nSPS) is 11.0. The van der Waals surface area contributed by atoms with Crippen molar-refractivity contribution >= 4 is 39.9 Å². The fourth-order valence-electron chi connectivity index (χ4n) is 1.96. The lowest BCUT2D eigenvalue weighted by molar-refractivity contribution is -0.113. The van der Waals surface area contributed by atoms with Crippen molar-refractivity contribution in [2.45, 2.75) is 25.4 Å². The van der Waals surface area contributed by atoms with E-state index in [-0.39, 0.29) is 17.2 Å².